The monoisotopic (exact) mass is 122 g/mol. The minimum atomic E-state index is -4.61. The fourth-order valence-corrected chi connectivity index (χ4v) is 0. The summed E-state index contributed by atoms with van der Waals surface area (Å²) in [6, 6.07) is 0. The van der Waals surface area contributed by atoms with Crippen LogP contribution in [-0.2, 0) is 0 Å². The van der Waals surface area contributed by atoms with E-state index in [-0.39, 0.29) is 0 Å². The molecule has 0 atom stereocenters. The van der Waals surface area contributed by atoms with Gasteiger partial charge in [-0.25, -0.2) is 0 Å². The molecule has 0 amide bonds. The van der Waals surface area contributed by atoms with Crippen LogP contribution in [0.5, 0.6) is 0 Å². The summed E-state index contributed by atoms with van der Waals surface area (Å²) in [5.41, 5.74) is 0. The summed E-state index contributed by atoms with van der Waals surface area (Å²) >= 11 is 0. The Bertz CT molecular complexity index is 46.4. The van der Waals surface area contributed by atoms with Crippen LogP contribution in [0.15, 0.2) is 0 Å². The largest absolute Gasteiger partial charge is 0.668 e. The summed E-state index contributed by atoms with van der Waals surface area (Å²) in [6.07, 6.45) is 8.00. The van der Waals surface area contributed by atoms with Gasteiger partial charge in [-0.05, 0) is 0 Å². The summed E-state index contributed by atoms with van der Waals surface area (Å²) in [5, 5.41) is 0. The van der Waals surface area contributed by atoms with Gasteiger partial charge in [-0.15, -0.1) is 12.8 Å². The lowest BCUT2D eigenvalue weighted by molar-refractivity contribution is 0.117. The molecule has 5 heteroatoms. The summed E-state index contributed by atoms with van der Waals surface area (Å²) < 4.78 is 0. The Balaban J connectivity index is 0. The predicted octanol–water partition coefficient (Wildman–Crippen LogP) is -2.36. The van der Waals surface area contributed by atoms with Gasteiger partial charge in [0.2, 0.25) is 0 Å². The maximum atomic E-state index is 7.33. The van der Waals surface area contributed by atoms with E-state index >= 15 is 0 Å². The van der Waals surface area contributed by atoms with Gasteiger partial charge in [0.25, 0.3) is 0 Å². The molecule has 0 heterocycles. The summed E-state index contributed by atoms with van der Waals surface area (Å²) in [5.74, 6) is 0. The van der Waals surface area contributed by atoms with Crippen molar-refractivity contribution in [3.8, 4) is 12.8 Å². The van der Waals surface area contributed by atoms with E-state index in [0.717, 1.165) is 0 Å². The molecule has 0 radical (unpaired) electrons. The molecule has 4 nitrogen and oxygen atoms in total. The van der Waals surface area contributed by atoms with Crippen LogP contribution < -0.4 is 0 Å². The minimum absolute atomic E-state index is 4.00. The van der Waals surface area contributed by atoms with Crippen LogP contribution in [0.25, 0.3) is 0 Å². The molecule has 0 saturated carbocycles. The van der Waals surface area contributed by atoms with Gasteiger partial charge in [0.15, 0.2) is 0 Å². The van der Waals surface area contributed by atoms with Crippen LogP contribution in [-0.4, -0.2) is 28.2 Å². The highest BCUT2D eigenvalue weighted by Crippen LogP contribution is 1.67. The Kier molecular flexibility index (Phi) is 5.31. The van der Waals surface area contributed by atoms with E-state index in [4.69, 9.17) is 19.2 Å². The molecule has 42 valence electrons. The molecule has 0 aliphatic carbocycles. The fourth-order valence-electron chi connectivity index (χ4n) is 0. The molecule has 0 aliphatic rings. The molecule has 0 unspecified atom stereocenters. The first-order chi connectivity index (χ1) is 3.00. The van der Waals surface area contributed by atoms with Crippen LogP contribution in [0.3, 0.4) is 0 Å². The third-order valence-corrected chi connectivity index (χ3v) is 0. The molecular formula is C2H6O4Si. The lowest BCUT2D eigenvalue weighted by atomic mass is 11.4. The van der Waals surface area contributed by atoms with Gasteiger partial charge >= 0.3 is 9.05 Å². The van der Waals surface area contributed by atoms with E-state index in [1.807, 2.05) is 0 Å². The van der Waals surface area contributed by atoms with Crippen molar-refractivity contribution in [3.63, 3.8) is 0 Å². The quantitative estimate of drug-likeness (QED) is 0.214. The van der Waals surface area contributed by atoms with E-state index in [0.29, 0.717) is 0 Å². The van der Waals surface area contributed by atoms with Crippen molar-refractivity contribution in [1.29, 1.82) is 0 Å². The number of hydrogen-bond donors (Lipinski definition) is 4. The average molecular weight is 122 g/mol. The molecule has 0 aliphatic heterocycles. The number of rotatable bonds is 0. The first kappa shape index (κ1) is 9.79. The van der Waals surface area contributed by atoms with Crippen LogP contribution in [0.2, 0.25) is 0 Å². The van der Waals surface area contributed by atoms with Gasteiger partial charge in [0.1, 0.15) is 0 Å². The van der Waals surface area contributed by atoms with Crippen molar-refractivity contribution in [2.75, 3.05) is 0 Å². The molecular weight excluding hydrogens is 116 g/mol. The van der Waals surface area contributed by atoms with Crippen LogP contribution in [0.1, 0.15) is 0 Å². The van der Waals surface area contributed by atoms with Gasteiger partial charge in [-0.2, -0.15) is 0 Å². The molecule has 0 aromatic rings. The van der Waals surface area contributed by atoms with E-state index in [9.17, 15) is 0 Å². The average Bonchev–Trinajstić information content (AvgIpc) is 1.36. The predicted molar refractivity (Wildman–Crippen MR) is 24.5 cm³/mol. The number of terminal acetylenes is 1. The first-order valence-corrected chi connectivity index (χ1v) is 3.02. The summed E-state index contributed by atoms with van der Waals surface area (Å²) in [4.78, 5) is 29.3. The zero-order chi connectivity index (χ0) is 6.50. The highest BCUT2D eigenvalue weighted by Gasteiger charge is 2.22. The minimum Gasteiger partial charge on any atom is -0.368 e. The summed E-state index contributed by atoms with van der Waals surface area (Å²) in [6.45, 7) is 0. The molecule has 4 N–H and O–H groups in total. The van der Waals surface area contributed by atoms with Gasteiger partial charge in [0, 0.05) is 0 Å². The van der Waals surface area contributed by atoms with E-state index in [2.05, 4.69) is 12.8 Å². The second kappa shape index (κ2) is 3.79. The third kappa shape index (κ3) is 501. The molecule has 0 bridgehead atoms. The molecule has 0 aromatic heterocycles. The smallest absolute Gasteiger partial charge is 0.368 e. The lowest BCUT2D eigenvalue weighted by Crippen LogP contribution is -2.33. The van der Waals surface area contributed by atoms with Crippen LogP contribution in [0.4, 0.5) is 0 Å². The summed E-state index contributed by atoms with van der Waals surface area (Å²) in [7, 11) is -4.61. The van der Waals surface area contributed by atoms with Crippen molar-refractivity contribution in [2.45, 2.75) is 0 Å². The second-order valence-corrected chi connectivity index (χ2v) is 1.80. The maximum absolute atomic E-state index is 7.33. The number of hydrogen-bond acceptors (Lipinski definition) is 4. The van der Waals surface area contributed by atoms with E-state index in [1.54, 1.807) is 0 Å². The Morgan fingerprint density at radius 1 is 0.857 bits per heavy atom. The van der Waals surface area contributed by atoms with Gasteiger partial charge in [-0.1, -0.05) is 0 Å². The topological polar surface area (TPSA) is 80.9 Å². The van der Waals surface area contributed by atoms with Gasteiger partial charge in [0.05, 0.1) is 0 Å². The molecule has 0 aromatic carbocycles. The zero-order valence-corrected chi connectivity index (χ0v) is 4.44. The lowest BCUT2D eigenvalue weighted by Gasteiger charge is -1.91. The van der Waals surface area contributed by atoms with Gasteiger partial charge < -0.3 is 19.2 Å². The van der Waals surface area contributed by atoms with Gasteiger partial charge in [-0.3, -0.25) is 0 Å². The van der Waals surface area contributed by atoms with Crippen molar-refractivity contribution in [3.05, 3.63) is 0 Å². The first-order valence-electron chi connectivity index (χ1n) is 1.23. The standard InChI is InChI=1S/C2H2.H4O4Si/c1-2;1-5(2,3)4/h1-2H;1-4H. The van der Waals surface area contributed by atoms with Crippen molar-refractivity contribution in [1.82, 2.24) is 0 Å². The second-order valence-electron chi connectivity index (χ2n) is 0.600. The molecule has 0 spiro atoms. The Labute approximate surface area is 42.2 Å². The maximum Gasteiger partial charge on any atom is 0.668 e. The van der Waals surface area contributed by atoms with E-state index < -0.39 is 9.05 Å². The Morgan fingerprint density at radius 2 is 0.857 bits per heavy atom. The zero-order valence-electron chi connectivity index (χ0n) is 3.44. The molecule has 0 fully saturated rings. The van der Waals surface area contributed by atoms with Crippen molar-refractivity contribution in [2.24, 2.45) is 0 Å². The molecule has 0 saturated heterocycles. The third-order valence-electron chi connectivity index (χ3n) is 0. The highest BCUT2D eigenvalue weighted by atomic mass is 28.4. The van der Waals surface area contributed by atoms with Crippen LogP contribution >= 0.6 is 0 Å². The normalized spacial score (nSPS) is 8.86. The Morgan fingerprint density at radius 3 is 0.857 bits per heavy atom. The molecule has 7 heavy (non-hydrogen) atoms. The SMILES string of the molecule is C#C.O[Si](O)(O)O. The Hall–Kier alpha value is -0.383. The van der Waals surface area contributed by atoms with Crippen LogP contribution in [0, 0.1) is 12.8 Å². The molecule has 0 rings (SSSR count). The highest BCUT2D eigenvalue weighted by molar-refractivity contribution is 6.46. The van der Waals surface area contributed by atoms with Crippen molar-refractivity contribution < 1.29 is 19.2 Å². The fraction of sp³-hybridized carbons (Fsp3) is 0. The van der Waals surface area contributed by atoms with Crippen molar-refractivity contribution >= 4 is 9.05 Å². The van der Waals surface area contributed by atoms with E-state index in [1.165, 1.54) is 0 Å².